The van der Waals surface area contributed by atoms with Crippen LogP contribution < -0.4 is 27.0 Å². The number of carboxylic acids is 1. The van der Waals surface area contributed by atoms with Gasteiger partial charge in [-0.05, 0) is 50.8 Å². The third-order valence-electron chi connectivity index (χ3n) is 5.67. The predicted molar refractivity (Wildman–Crippen MR) is 131 cm³/mol. The maximum Gasteiger partial charge on any atom is 0.326 e. The summed E-state index contributed by atoms with van der Waals surface area (Å²) in [6.45, 7) is 1.17. The number of carboxylic acid groups (broad SMARTS) is 1. The van der Waals surface area contributed by atoms with Crippen molar-refractivity contribution in [2.45, 2.75) is 62.7 Å². The van der Waals surface area contributed by atoms with Crippen molar-refractivity contribution in [3.8, 4) is 0 Å². The molecule has 1 heterocycles. The number of unbranched alkanes of at least 4 members (excludes halogenated alkanes) is 1. The minimum absolute atomic E-state index is 0.0388. The number of amides is 3. The van der Waals surface area contributed by atoms with Crippen molar-refractivity contribution in [1.82, 2.24) is 21.3 Å². The summed E-state index contributed by atoms with van der Waals surface area (Å²) in [5.41, 5.74) is 6.30. The van der Waals surface area contributed by atoms with Crippen LogP contribution in [0.25, 0.3) is 0 Å². The van der Waals surface area contributed by atoms with Gasteiger partial charge in [0, 0.05) is 12.2 Å². The van der Waals surface area contributed by atoms with Crippen molar-refractivity contribution in [1.29, 1.82) is 0 Å². The number of aliphatic carboxylic acids is 1. The quantitative estimate of drug-likeness (QED) is 0.137. The number of thiol groups is 1. The second-order valence-corrected chi connectivity index (χ2v) is 8.69. The first kappa shape index (κ1) is 27.6. The molecular weight excluding hydrogens is 458 g/mol. The van der Waals surface area contributed by atoms with Crippen LogP contribution in [0.5, 0.6) is 0 Å². The Morgan fingerprint density at radius 1 is 1.03 bits per heavy atom. The second kappa shape index (κ2) is 14.6. The standard InChI is InChI=1S/C23H35N5O5S/c24-11-5-4-9-17(23(32)33)26-22(31)19(14-34)28-21(30)18(13-15-7-2-1-3-8-15)27-20(29)16-10-6-12-25-16/h1-3,7-8,16-19,25,34H,4-6,9-14,24H2,(H,26,31)(H,27,29)(H,28,30)(H,32,33). The van der Waals surface area contributed by atoms with Gasteiger partial charge >= 0.3 is 5.97 Å². The molecule has 0 spiro atoms. The molecule has 0 bridgehead atoms. The van der Waals surface area contributed by atoms with Gasteiger partial charge in [-0.15, -0.1) is 0 Å². The van der Waals surface area contributed by atoms with Gasteiger partial charge in [0.25, 0.3) is 0 Å². The fourth-order valence-corrected chi connectivity index (χ4v) is 3.99. The monoisotopic (exact) mass is 493 g/mol. The third kappa shape index (κ3) is 8.96. The first-order chi connectivity index (χ1) is 16.3. The van der Waals surface area contributed by atoms with E-state index in [2.05, 4.69) is 33.9 Å². The lowest BCUT2D eigenvalue weighted by Crippen LogP contribution is -2.58. The maximum atomic E-state index is 13.1. The molecule has 1 aromatic carbocycles. The van der Waals surface area contributed by atoms with Crippen molar-refractivity contribution in [2.24, 2.45) is 5.73 Å². The molecule has 11 heteroatoms. The van der Waals surface area contributed by atoms with Gasteiger partial charge in [0.15, 0.2) is 0 Å². The van der Waals surface area contributed by atoms with Crippen LogP contribution in [0.2, 0.25) is 0 Å². The second-order valence-electron chi connectivity index (χ2n) is 8.33. The molecule has 1 aliphatic heterocycles. The summed E-state index contributed by atoms with van der Waals surface area (Å²) in [6.07, 6.45) is 3.23. The van der Waals surface area contributed by atoms with E-state index in [-0.39, 0.29) is 30.5 Å². The molecular formula is C23H35N5O5S. The number of carbonyl (C=O) groups is 4. The molecule has 0 radical (unpaired) electrons. The first-order valence-corrected chi connectivity index (χ1v) is 12.2. The van der Waals surface area contributed by atoms with E-state index in [1.54, 1.807) is 0 Å². The van der Waals surface area contributed by atoms with E-state index in [9.17, 15) is 24.3 Å². The molecule has 0 aromatic heterocycles. The van der Waals surface area contributed by atoms with Gasteiger partial charge in [0.05, 0.1) is 6.04 Å². The lowest BCUT2D eigenvalue weighted by atomic mass is 10.0. The van der Waals surface area contributed by atoms with Crippen molar-refractivity contribution in [3.63, 3.8) is 0 Å². The summed E-state index contributed by atoms with van der Waals surface area (Å²) in [7, 11) is 0. The summed E-state index contributed by atoms with van der Waals surface area (Å²) < 4.78 is 0. The van der Waals surface area contributed by atoms with Crippen molar-refractivity contribution in [2.75, 3.05) is 18.8 Å². The van der Waals surface area contributed by atoms with E-state index in [1.165, 1.54) is 0 Å². The van der Waals surface area contributed by atoms with Crippen LogP contribution in [-0.4, -0.2) is 71.8 Å². The predicted octanol–water partition coefficient (Wildman–Crippen LogP) is -0.421. The van der Waals surface area contributed by atoms with Gasteiger partial charge in [0.2, 0.25) is 17.7 Å². The molecule has 4 unspecified atom stereocenters. The van der Waals surface area contributed by atoms with Crippen LogP contribution in [0.1, 0.15) is 37.7 Å². The van der Waals surface area contributed by atoms with Crippen LogP contribution >= 0.6 is 12.6 Å². The smallest absolute Gasteiger partial charge is 0.326 e. The molecule has 10 nitrogen and oxygen atoms in total. The van der Waals surface area contributed by atoms with E-state index >= 15 is 0 Å². The SMILES string of the molecule is NCCCCC(NC(=O)C(CS)NC(=O)C(Cc1ccccc1)NC(=O)C1CCCN1)C(=O)O. The van der Waals surface area contributed by atoms with Crippen LogP contribution in [0.4, 0.5) is 0 Å². The molecule has 188 valence electrons. The largest absolute Gasteiger partial charge is 0.480 e. The van der Waals surface area contributed by atoms with E-state index in [0.717, 1.165) is 18.5 Å². The highest BCUT2D eigenvalue weighted by Crippen LogP contribution is 2.09. The number of benzene rings is 1. The summed E-state index contributed by atoms with van der Waals surface area (Å²) in [4.78, 5) is 50.0. The Hall–Kier alpha value is -2.63. The average Bonchev–Trinajstić information content (AvgIpc) is 3.37. The number of nitrogens with one attached hydrogen (secondary N) is 4. The van der Waals surface area contributed by atoms with Crippen LogP contribution in [0, 0.1) is 0 Å². The van der Waals surface area contributed by atoms with E-state index < -0.39 is 35.9 Å². The molecule has 7 N–H and O–H groups in total. The fourth-order valence-electron chi connectivity index (χ4n) is 3.73. The summed E-state index contributed by atoms with van der Waals surface area (Å²) in [6, 6.07) is 5.80. The Morgan fingerprint density at radius 3 is 2.29 bits per heavy atom. The Kier molecular flexibility index (Phi) is 11.9. The van der Waals surface area contributed by atoms with Gasteiger partial charge in [-0.25, -0.2) is 4.79 Å². The maximum absolute atomic E-state index is 13.1. The Morgan fingerprint density at radius 2 is 1.71 bits per heavy atom. The zero-order chi connectivity index (χ0) is 24.9. The highest BCUT2D eigenvalue weighted by Gasteiger charge is 2.31. The minimum Gasteiger partial charge on any atom is -0.480 e. The van der Waals surface area contributed by atoms with Gasteiger partial charge in [-0.3, -0.25) is 14.4 Å². The van der Waals surface area contributed by atoms with Crippen molar-refractivity contribution >= 4 is 36.3 Å². The van der Waals surface area contributed by atoms with Gasteiger partial charge in [-0.2, -0.15) is 12.6 Å². The molecule has 0 saturated carbocycles. The molecule has 1 fully saturated rings. The molecule has 1 aromatic rings. The number of hydrogen-bond donors (Lipinski definition) is 7. The molecule has 0 aliphatic carbocycles. The number of hydrogen-bond acceptors (Lipinski definition) is 7. The van der Waals surface area contributed by atoms with Crippen LogP contribution in [0.15, 0.2) is 30.3 Å². The molecule has 1 saturated heterocycles. The van der Waals surface area contributed by atoms with Gasteiger partial charge in [-0.1, -0.05) is 30.3 Å². The summed E-state index contributed by atoms with van der Waals surface area (Å²) in [5, 5.41) is 20.4. The van der Waals surface area contributed by atoms with Crippen molar-refractivity contribution < 1.29 is 24.3 Å². The zero-order valence-corrected chi connectivity index (χ0v) is 20.1. The van der Waals surface area contributed by atoms with Gasteiger partial charge < -0.3 is 32.1 Å². The molecule has 34 heavy (non-hydrogen) atoms. The summed E-state index contributed by atoms with van der Waals surface area (Å²) in [5.74, 6) is -2.66. The average molecular weight is 494 g/mol. The number of carbonyl (C=O) groups excluding carboxylic acids is 3. The fraction of sp³-hybridized carbons (Fsp3) is 0.565. The highest BCUT2D eigenvalue weighted by molar-refractivity contribution is 7.80. The molecule has 2 rings (SSSR count). The van der Waals surface area contributed by atoms with E-state index in [4.69, 9.17) is 5.73 Å². The Bertz CT molecular complexity index is 819. The third-order valence-corrected chi connectivity index (χ3v) is 6.03. The molecule has 1 aliphatic rings. The van der Waals surface area contributed by atoms with Crippen LogP contribution in [-0.2, 0) is 25.6 Å². The van der Waals surface area contributed by atoms with E-state index in [1.807, 2.05) is 30.3 Å². The molecule has 4 atom stereocenters. The summed E-state index contributed by atoms with van der Waals surface area (Å²) >= 11 is 4.16. The number of nitrogens with two attached hydrogens (primary N) is 1. The van der Waals surface area contributed by atoms with Crippen molar-refractivity contribution in [3.05, 3.63) is 35.9 Å². The first-order valence-electron chi connectivity index (χ1n) is 11.6. The van der Waals surface area contributed by atoms with E-state index in [0.29, 0.717) is 25.8 Å². The minimum atomic E-state index is -1.16. The Balaban J connectivity index is 2.06. The van der Waals surface area contributed by atoms with Crippen LogP contribution in [0.3, 0.4) is 0 Å². The van der Waals surface area contributed by atoms with Gasteiger partial charge in [0.1, 0.15) is 18.1 Å². The lowest BCUT2D eigenvalue weighted by molar-refractivity contribution is -0.142. The number of rotatable bonds is 14. The normalized spacial score (nSPS) is 17.9. The topological polar surface area (TPSA) is 163 Å². The lowest BCUT2D eigenvalue weighted by Gasteiger charge is -2.24. The Labute approximate surface area is 205 Å². The highest BCUT2D eigenvalue weighted by atomic mass is 32.1. The zero-order valence-electron chi connectivity index (χ0n) is 19.2. The molecule has 3 amide bonds.